The largest absolute Gasteiger partial charge is 0.337 e. The van der Waals surface area contributed by atoms with Crippen LogP contribution >= 0.6 is 15.9 Å². The van der Waals surface area contributed by atoms with Crippen molar-refractivity contribution in [3.63, 3.8) is 0 Å². The third kappa shape index (κ3) is 4.16. The van der Waals surface area contributed by atoms with Gasteiger partial charge in [0.25, 0.3) is 0 Å². The molecule has 1 aliphatic heterocycles. The molecule has 1 fully saturated rings. The van der Waals surface area contributed by atoms with Crippen molar-refractivity contribution in [3.8, 4) is 0 Å². The van der Waals surface area contributed by atoms with E-state index in [9.17, 15) is 4.79 Å². The molecule has 23 heavy (non-hydrogen) atoms. The molecule has 1 aliphatic rings. The molecule has 118 valence electrons. The van der Waals surface area contributed by atoms with Crippen LogP contribution in [0.15, 0.2) is 53.3 Å². The molecule has 2 aromatic rings. The predicted octanol–water partition coefficient (Wildman–Crippen LogP) is 2.60. The van der Waals surface area contributed by atoms with E-state index in [1.165, 1.54) is 0 Å². The summed E-state index contributed by atoms with van der Waals surface area (Å²) in [6.45, 7) is 2.87. The summed E-state index contributed by atoms with van der Waals surface area (Å²) in [7, 11) is 0. The van der Waals surface area contributed by atoms with Crippen LogP contribution in [-0.2, 0) is 4.79 Å². The molecule has 5 nitrogen and oxygen atoms in total. The number of halogens is 1. The average molecular weight is 373 g/mol. The molecule has 0 unspecified atom stereocenters. The average Bonchev–Trinajstić information content (AvgIpc) is 2.62. The zero-order valence-electron chi connectivity index (χ0n) is 12.6. The minimum Gasteiger partial charge on any atom is -0.337 e. The second kappa shape index (κ2) is 7.37. The summed E-state index contributed by atoms with van der Waals surface area (Å²) in [5, 5.41) is 0. The number of aromatic nitrogens is 2. The fraction of sp³-hybridized carbons (Fsp3) is 0.235. The number of carbonyl (C=O) groups is 1. The first kappa shape index (κ1) is 15.7. The molecular formula is C17H17BrN4O. The maximum Gasteiger partial charge on any atom is 0.246 e. The quantitative estimate of drug-likeness (QED) is 0.777. The van der Waals surface area contributed by atoms with Crippen LogP contribution in [0.2, 0.25) is 0 Å². The fourth-order valence-corrected chi connectivity index (χ4v) is 2.69. The van der Waals surface area contributed by atoms with E-state index in [0.717, 1.165) is 29.1 Å². The molecule has 1 amide bonds. The van der Waals surface area contributed by atoms with Crippen molar-refractivity contribution in [3.05, 3.63) is 58.8 Å². The zero-order chi connectivity index (χ0) is 16.1. The van der Waals surface area contributed by atoms with Gasteiger partial charge in [-0.1, -0.05) is 28.1 Å². The molecule has 1 aromatic carbocycles. The lowest BCUT2D eigenvalue weighted by atomic mass is 10.2. The van der Waals surface area contributed by atoms with E-state index in [1.807, 2.05) is 35.2 Å². The van der Waals surface area contributed by atoms with Crippen LogP contribution in [0.5, 0.6) is 0 Å². The minimum absolute atomic E-state index is 0.0431. The second-order valence-corrected chi connectivity index (χ2v) is 6.16. The van der Waals surface area contributed by atoms with Gasteiger partial charge < -0.3 is 9.80 Å². The second-order valence-electron chi connectivity index (χ2n) is 5.25. The highest BCUT2D eigenvalue weighted by molar-refractivity contribution is 9.10. The lowest BCUT2D eigenvalue weighted by molar-refractivity contribution is -0.126. The SMILES string of the molecule is O=C(/C=C/c1ccc(Br)cc1)N1CCN(c2ncccn2)CC1. The van der Waals surface area contributed by atoms with Crippen LogP contribution in [0, 0.1) is 0 Å². The Morgan fingerprint density at radius 2 is 1.70 bits per heavy atom. The zero-order valence-corrected chi connectivity index (χ0v) is 14.2. The summed E-state index contributed by atoms with van der Waals surface area (Å²) in [6, 6.07) is 9.67. The molecule has 0 saturated carbocycles. The van der Waals surface area contributed by atoms with Gasteiger partial charge >= 0.3 is 0 Å². The molecule has 3 rings (SSSR count). The highest BCUT2D eigenvalue weighted by Crippen LogP contribution is 2.13. The Morgan fingerprint density at radius 3 is 2.35 bits per heavy atom. The maximum absolute atomic E-state index is 12.3. The van der Waals surface area contributed by atoms with Gasteiger partial charge in [0.05, 0.1) is 0 Å². The van der Waals surface area contributed by atoms with Gasteiger partial charge in [0.15, 0.2) is 0 Å². The van der Waals surface area contributed by atoms with Crippen molar-refractivity contribution in [2.24, 2.45) is 0 Å². The summed E-state index contributed by atoms with van der Waals surface area (Å²) in [6.07, 6.45) is 6.96. The highest BCUT2D eigenvalue weighted by atomic mass is 79.9. The van der Waals surface area contributed by atoms with E-state index in [4.69, 9.17) is 0 Å². The molecular weight excluding hydrogens is 356 g/mol. The third-order valence-electron chi connectivity index (χ3n) is 3.71. The topological polar surface area (TPSA) is 49.3 Å². The van der Waals surface area contributed by atoms with Crippen molar-refractivity contribution >= 4 is 33.9 Å². The summed E-state index contributed by atoms with van der Waals surface area (Å²) >= 11 is 3.40. The van der Waals surface area contributed by atoms with Gasteiger partial charge in [-0.25, -0.2) is 9.97 Å². The number of hydrogen-bond donors (Lipinski definition) is 0. The lowest BCUT2D eigenvalue weighted by Gasteiger charge is -2.34. The third-order valence-corrected chi connectivity index (χ3v) is 4.24. The number of hydrogen-bond acceptors (Lipinski definition) is 4. The molecule has 0 radical (unpaired) electrons. The van der Waals surface area contributed by atoms with Crippen LogP contribution in [0.3, 0.4) is 0 Å². The summed E-state index contributed by atoms with van der Waals surface area (Å²) in [4.78, 5) is 24.7. The lowest BCUT2D eigenvalue weighted by Crippen LogP contribution is -2.48. The van der Waals surface area contributed by atoms with Gasteiger partial charge in [0.2, 0.25) is 11.9 Å². The molecule has 1 aromatic heterocycles. The van der Waals surface area contributed by atoms with Gasteiger partial charge in [-0.3, -0.25) is 4.79 Å². The van der Waals surface area contributed by atoms with Gasteiger partial charge in [-0.15, -0.1) is 0 Å². The maximum atomic E-state index is 12.3. The van der Waals surface area contributed by atoms with Crippen molar-refractivity contribution in [1.82, 2.24) is 14.9 Å². The van der Waals surface area contributed by atoms with E-state index in [2.05, 4.69) is 30.8 Å². The fourth-order valence-electron chi connectivity index (χ4n) is 2.43. The molecule has 6 heteroatoms. The van der Waals surface area contributed by atoms with Crippen LogP contribution in [0.4, 0.5) is 5.95 Å². The molecule has 0 N–H and O–H groups in total. The number of benzene rings is 1. The predicted molar refractivity (Wildman–Crippen MR) is 94.0 cm³/mol. The Bertz CT molecular complexity index is 679. The van der Waals surface area contributed by atoms with E-state index in [1.54, 1.807) is 24.5 Å². The Morgan fingerprint density at radius 1 is 1.04 bits per heavy atom. The number of nitrogens with zero attached hydrogens (tertiary/aromatic N) is 4. The van der Waals surface area contributed by atoms with E-state index in [0.29, 0.717) is 13.1 Å². The molecule has 0 atom stereocenters. The number of amides is 1. The normalized spacial score (nSPS) is 15.2. The smallest absolute Gasteiger partial charge is 0.246 e. The summed E-state index contributed by atoms with van der Waals surface area (Å²) in [5.41, 5.74) is 1.01. The van der Waals surface area contributed by atoms with Crippen LogP contribution in [0.1, 0.15) is 5.56 Å². The molecule has 0 spiro atoms. The highest BCUT2D eigenvalue weighted by Gasteiger charge is 2.20. The standard InChI is InChI=1S/C17H17BrN4O/c18-15-5-2-14(3-6-15)4-7-16(23)21-10-12-22(13-11-21)17-19-8-1-9-20-17/h1-9H,10-13H2/b7-4+. The first-order chi connectivity index (χ1) is 11.2. The van der Waals surface area contributed by atoms with E-state index < -0.39 is 0 Å². The van der Waals surface area contributed by atoms with Gasteiger partial charge in [0, 0.05) is 49.1 Å². The Labute approximate surface area is 143 Å². The van der Waals surface area contributed by atoms with Gasteiger partial charge in [-0.05, 0) is 29.8 Å². The molecule has 0 bridgehead atoms. The first-order valence-electron chi connectivity index (χ1n) is 7.47. The summed E-state index contributed by atoms with van der Waals surface area (Å²) in [5.74, 6) is 0.770. The van der Waals surface area contributed by atoms with E-state index >= 15 is 0 Å². The molecule has 1 saturated heterocycles. The van der Waals surface area contributed by atoms with Crippen molar-refractivity contribution in [2.45, 2.75) is 0 Å². The number of rotatable bonds is 3. The minimum atomic E-state index is 0.0431. The number of piperazine rings is 1. The van der Waals surface area contributed by atoms with Crippen LogP contribution in [0.25, 0.3) is 6.08 Å². The van der Waals surface area contributed by atoms with Gasteiger partial charge in [-0.2, -0.15) is 0 Å². The molecule has 0 aliphatic carbocycles. The summed E-state index contributed by atoms with van der Waals surface area (Å²) < 4.78 is 1.03. The molecule has 2 heterocycles. The van der Waals surface area contributed by atoms with Crippen LogP contribution < -0.4 is 4.90 Å². The first-order valence-corrected chi connectivity index (χ1v) is 8.26. The Hall–Kier alpha value is -2.21. The monoisotopic (exact) mass is 372 g/mol. The van der Waals surface area contributed by atoms with E-state index in [-0.39, 0.29) is 5.91 Å². The van der Waals surface area contributed by atoms with Crippen molar-refractivity contribution in [2.75, 3.05) is 31.1 Å². The number of anilines is 1. The van der Waals surface area contributed by atoms with Crippen molar-refractivity contribution < 1.29 is 4.79 Å². The van der Waals surface area contributed by atoms with Crippen molar-refractivity contribution in [1.29, 1.82) is 0 Å². The van der Waals surface area contributed by atoms with Gasteiger partial charge in [0.1, 0.15) is 0 Å². The Kier molecular flexibility index (Phi) is 5.02. The number of carbonyl (C=O) groups excluding carboxylic acids is 1. The van der Waals surface area contributed by atoms with Crippen LogP contribution in [-0.4, -0.2) is 47.0 Å². The Balaban J connectivity index is 1.55.